The zero-order valence-electron chi connectivity index (χ0n) is 16.0. The average molecular weight is 408 g/mol. The molecule has 9 heteroatoms. The maximum atomic E-state index is 12.3. The molecule has 1 amide bonds. The highest BCUT2D eigenvalue weighted by atomic mass is 32.2. The molecular formula is C19H24N2O6S. The summed E-state index contributed by atoms with van der Waals surface area (Å²) >= 11 is 0. The smallest absolute Gasteiger partial charge is 0.241 e. The first kappa shape index (κ1) is 21.5. The van der Waals surface area contributed by atoms with Gasteiger partial charge in [-0.15, -0.1) is 0 Å². The first-order valence-electron chi connectivity index (χ1n) is 8.53. The number of benzene rings is 2. The summed E-state index contributed by atoms with van der Waals surface area (Å²) in [6, 6.07) is 11.7. The van der Waals surface area contributed by atoms with Gasteiger partial charge in [0.15, 0.2) is 11.5 Å². The Kier molecular flexibility index (Phi) is 7.65. The van der Waals surface area contributed by atoms with Gasteiger partial charge in [0.25, 0.3) is 0 Å². The molecule has 0 unspecified atom stereocenters. The molecule has 28 heavy (non-hydrogen) atoms. The molecule has 2 aromatic rings. The molecule has 2 rings (SSSR count). The number of aryl methyl sites for hydroxylation is 1. The normalized spacial score (nSPS) is 11.0. The molecule has 2 N–H and O–H groups in total. The van der Waals surface area contributed by atoms with Crippen LogP contribution in [0.15, 0.2) is 47.4 Å². The molecule has 8 nitrogen and oxygen atoms in total. The molecule has 0 aliphatic heterocycles. The first-order chi connectivity index (χ1) is 13.4. The number of nitrogens with one attached hydrogen (secondary N) is 2. The average Bonchev–Trinajstić information content (AvgIpc) is 2.69. The molecule has 0 fully saturated rings. The predicted octanol–water partition coefficient (Wildman–Crippen LogP) is 1.49. The van der Waals surface area contributed by atoms with Crippen LogP contribution in [0.3, 0.4) is 0 Å². The van der Waals surface area contributed by atoms with Crippen molar-refractivity contribution in [3.8, 4) is 17.2 Å². The van der Waals surface area contributed by atoms with E-state index in [1.165, 1.54) is 32.4 Å². The summed E-state index contributed by atoms with van der Waals surface area (Å²) in [4.78, 5) is 11.8. The van der Waals surface area contributed by atoms with E-state index < -0.39 is 15.9 Å². The van der Waals surface area contributed by atoms with Crippen molar-refractivity contribution in [2.24, 2.45) is 0 Å². The van der Waals surface area contributed by atoms with Crippen LogP contribution < -0.4 is 24.2 Å². The van der Waals surface area contributed by atoms with Crippen LogP contribution in [-0.4, -0.2) is 48.2 Å². The number of carbonyl (C=O) groups is 1. The minimum Gasteiger partial charge on any atom is -0.493 e. The number of hydrogen-bond donors (Lipinski definition) is 2. The van der Waals surface area contributed by atoms with Crippen LogP contribution in [0.1, 0.15) is 5.56 Å². The standard InChI is InChI=1S/C19H24N2O6S/c1-14-5-4-6-15(11-14)27-10-9-20-19(22)13-21-28(23,24)16-7-8-17(25-2)18(12-16)26-3/h4-8,11-12,21H,9-10,13H2,1-3H3,(H,20,22). The summed E-state index contributed by atoms with van der Waals surface area (Å²) in [5.74, 6) is 0.941. The molecule has 0 heterocycles. The van der Waals surface area contributed by atoms with E-state index in [0.29, 0.717) is 11.5 Å². The first-order valence-corrected chi connectivity index (χ1v) is 10.0. The second kappa shape index (κ2) is 9.95. The molecule has 0 bridgehead atoms. The van der Waals surface area contributed by atoms with Crippen molar-refractivity contribution in [3.63, 3.8) is 0 Å². The topological polar surface area (TPSA) is 103 Å². The molecule has 0 spiro atoms. The second-order valence-electron chi connectivity index (χ2n) is 5.86. The van der Waals surface area contributed by atoms with Gasteiger partial charge in [0.05, 0.1) is 32.2 Å². The van der Waals surface area contributed by atoms with Gasteiger partial charge in [-0.05, 0) is 36.8 Å². The van der Waals surface area contributed by atoms with Crippen LogP contribution in [0.25, 0.3) is 0 Å². The van der Waals surface area contributed by atoms with Crippen molar-refractivity contribution < 1.29 is 27.4 Å². The van der Waals surface area contributed by atoms with E-state index in [2.05, 4.69) is 10.0 Å². The van der Waals surface area contributed by atoms with Gasteiger partial charge in [0.2, 0.25) is 15.9 Å². The van der Waals surface area contributed by atoms with Crippen LogP contribution in [0.5, 0.6) is 17.2 Å². The van der Waals surface area contributed by atoms with Gasteiger partial charge in [0, 0.05) is 6.07 Å². The van der Waals surface area contributed by atoms with Crippen molar-refractivity contribution >= 4 is 15.9 Å². The van der Waals surface area contributed by atoms with E-state index in [4.69, 9.17) is 14.2 Å². The molecule has 0 radical (unpaired) electrons. The Labute approximate surface area is 164 Å². The molecule has 152 valence electrons. The maximum absolute atomic E-state index is 12.3. The minimum atomic E-state index is -3.87. The summed E-state index contributed by atoms with van der Waals surface area (Å²) < 4.78 is 42.6. The Bertz CT molecular complexity index is 914. The van der Waals surface area contributed by atoms with Crippen LogP contribution in [-0.2, 0) is 14.8 Å². The van der Waals surface area contributed by atoms with Crippen molar-refractivity contribution in [1.29, 1.82) is 0 Å². The van der Waals surface area contributed by atoms with E-state index in [0.717, 1.165) is 5.56 Å². The van der Waals surface area contributed by atoms with Gasteiger partial charge in [0.1, 0.15) is 12.4 Å². The van der Waals surface area contributed by atoms with Crippen molar-refractivity contribution in [2.45, 2.75) is 11.8 Å². The molecule has 0 atom stereocenters. The van der Waals surface area contributed by atoms with E-state index in [9.17, 15) is 13.2 Å². The van der Waals surface area contributed by atoms with Gasteiger partial charge in [-0.2, -0.15) is 0 Å². The Morgan fingerprint density at radius 2 is 1.79 bits per heavy atom. The zero-order valence-corrected chi connectivity index (χ0v) is 16.8. The molecule has 0 saturated carbocycles. The molecule has 2 aromatic carbocycles. The fourth-order valence-corrected chi connectivity index (χ4v) is 3.35. The summed E-state index contributed by atoms with van der Waals surface area (Å²) in [5.41, 5.74) is 1.08. The Morgan fingerprint density at radius 3 is 2.46 bits per heavy atom. The fraction of sp³-hybridized carbons (Fsp3) is 0.316. The Hall–Kier alpha value is -2.78. The highest BCUT2D eigenvalue weighted by molar-refractivity contribution is 7.89. The second-order valence-corrected chi connectivity index (χ2v) is 7.62. The van der Waals surface area contributed by atoms with Crippen LogP contribution in [0, 0.1) is 6.92 Å². The fourth-order valence-electron chi connectivity index (χ4n) is 2.35. The molecule has 0 aliphatic carbocycles. The third-order valence-electron chi connectivity index (χ3n) is 3.77. The van der Waals surface area contributed by atoms with Gasteiger partial charge in [-0.25, -0.2) is 13.1 Å². The number of rotatable bonds is 10. The lowest BCUT2D eigenvalue weighted by Crippen LogP contribution is -2.38. The minimum absolute atomic E-state index is 0.0271. The van der Waals surface area contributed by atoms with Crippen LogP contribution in [0.4, 0.5) is 0 Å². The van der Waals surface area contributed by atoms with E-state index in [1.807, 2.05) is 31.2 Å². The van der Waals surface area contributed by atoms with Crippen molar-refractivity contribution in [2.75, 3.05) is 33.9 Å². The van der Waals surface area contributed by atoms with Crippen LogP contribution in [0.2, 0.25) is 0 Å². The largest absolute Gasteiger partial charge is 0.493 e. The quantitative estimate of drug-likeness (QED) is 0.578. The highest BCUT2D eigenvalue weighted by Crippen LogP contribution is 2.29. The van der Waals surface area contributed by atoms with E-state index >= 15 is 0 Å². The number of ether oxygens (including phenoxy) is 3. The molecule has 0 aromatic heterocycles. The van der Waals surface area contributed by atoms with Gasteiger partial charge in [-0.1, -0.05) is 12.1 Å². The summed E-state index contributed by atoms with van der Waals surface area (Å²) in [5, 5.41) is 2.60. The predicted molar refractivity (Wildman–Crippen MR) is 104 cm³/mol. The summed E-state index contributed by atoms with van der Waals surface area (Å²) in [7, 11) is -1.00. The number of sulfonamides is 1. The Balaban J connectivity index is 1.81. The molecule has 0 aliphatic rings. The SMILES string of the molecule is COc1ccc(S(=O)(=O)NCC(=O)NCCOc2cccc(C)c2)cc1OC. The number of amides is 1. The number of carbonyl (C=O) groups excluding carboxylic acids is 1. The monoisotopic (exact) mass is 408 g/mol. The van der Waals surface area contributed by atoms with E-state index in [1.54, 1.807) is 0 Å². The van der Waals surface area contributed by atoms with E-state index in [-0.39, 0.29) is 30.3 Å². The van der Waals surface area contributed by atoms with Gasteiger partial charge < -0.3 is 19.5 Å². The van der Waals surface area contributed by atoms with Crippen molar-refractivity contribution in [1.82, 2.24) is 10.0 Å². The summed E-state index contributed by atoms with van der Waals surface area (Å²) in [6.45, 7) is 2.10. The lowest BCUT2D eigenvalue weighted by atomic mass is 10.2. The summed E-state index contributed by atoms with van der Waals surface area (Å²) in [6.07, 6.45) is 0. The number of hydrogen-bond acceptors (Lipinski definition) is 6. The highest BCUT2D eigenvalue weighted by Gasteiger charge is 2.18. The van der Waals surface area contributed by atoms with Gasteiger partial charge >= 0.3 is 0 Å². The lowest BCUT2D eigenvalue weighted by Gasteiger charge is -2.11. The van der Waals surface area contributed by atoms with Crippen molar-refractivity contribution in [3.05, 3.63) is 48.0 Å². The molecular weight excluding hydrogens is 384 g/mol. The van der Waals surface area contributed by atoms with Gasteiger partial charge in [-0.3, -0.25) is 4.79 Å². The zero-order chi connectivity index (χ0) is 20.6. The third kappa shape index (κ3) is 6.14. The number of methoxy groups -OCH3 is 2. The maximum Gasteiger partial charge on any atom is 0.241 e. The molecule has 0 saturated heterocycles. The Morgan fingerprint density at radius 1 is 1.04 bits per heavy atom. The third-order valence-corrected chi connectivity index (χ3v) is 5.17. The lowest BCUT2D eigenvalue weighted by molar-refractivity contribution is -0.120. The van der Waals surface area contributed by atoms with Crippen LogP contribution >= 0.6 is 0 Å².